The quantitative estimate of drug-likeness (QED) is 0.103. The van der Waals surface area contributed by atoms with E-state index >= 15 is 0 Å². The summed E-state index contributed by atoms with van der Waals surface area (Å²) in [5.74, 6) is 0. The minimum Gasteiger partial charge on any atom is -0.726 e. The van der Waals surface area contributed by atoms with Gasteiger partial charge in [-0.05, 0) is 37.5 Å². The molecule has 0 heterocycles. The van der Waals surface area contributed by atoms with Crippen LogP contribution in [0.3, 0.4) is 0 Å². The molecule has 0 aliphatic rings. The van der Waals surface area contributed by atoms with E-state index in [0.717, 1.165) is 19.3 Å². The summed E-state index contributed by atoms with van der Waals surface area (Å²) in [7, 11) is -4.63. The van der Waals surface area contributed by atoms with E-state index in [0.29, 0.717) is 6.42 Å². The molecule has 176 valence electrons. The molecule has 29 heavy (non-hydrogen) atoms. The fraction of sp³-hybridized carbons (Fsp3) is 0.913. The Balaban J connectivity index is 0. The Labute approximate surface area is 181 Å². The Bertz CT molecular complexity index is 484. The van der Waals surface area contributed by atoms with Gasteiger partial charge in [-0.1, -0.05) is 104 Å². The fourth-order valence-corrected chi connectivity index (χ4v) is 4.01. The van der Waals surface area contributed by atoms with Crippen LogP contribution in [0, 0.1) is 5.41 Å². The Kier molecular flexibility index (Phi) is 19.5. The second kappa shape index (κ2) is 18.3. The lowest BCUT2D eigenvalue weighted by atomic mass is 9.86. The lowest BCUT2D eigenvalue weighted by Gasteiger charge is -2.31. The van der Waals surface area contributed by atoms with Crippen LogP contribution in [0.15, 0.2) is 12.2 Å². The van der Waals surface area contributed by atoms with Crippen molar-refractivity contribution < 1.29 is 17.2 Å². The average molecular weight is 436 g/mol. The Morgan fingerprint density at radius 3 is 1.62 bits per heavy atom. The number of hydrogen-bond acceptors (Lipinski definition) is 4. The molecule has 5 nitrogen and oxygen atoms in total. The van der Waals surface area contributed by atoms with Crippen molar-refractivity contribution in [1.82, 2.24) is 6.15 Å². The zero-order valence-electron chi connectivity index (χ0n) is 19.9. The molecule has 0 amide bonds. The van der Waals surface area contributed by atoms with Crippen LogP contribution < -0.4 is 6.15 Å². The molecule has 0 aromatic carbocycles. The van der Waals surface area contributed by atoms with Crippen molar-refractivity contribution in [2.24, 2.45) is 5.41 Å². The third-order valence-corrected chi connectivity index (χ3v) is 5.65. The Morgan fingerprint density at radius 1 is 0.793 bits per heavy atom. The molecule has 6 heteroatoms. The summed E-state index contributed by atoms with van der Waals surface area (Å²) in [6.07, 6.45) is 22.1. The summed E-state index contributed by atoms with van der Waals surface area (Å²) in [6, 6.07) is 0. The van der Waals surface area contributed by atoms with E-state index in [1.165, 1.54) is 70.6 Å². The molecular weight excluding hydrogens is 386 g/mol. The Hall–Kier alpha value is -0.430. The van der Waals surface area contributed by atoms with E-state index < -0.39 is 16.5 Å². The molecule has 0 aromatic heterocycles. The zero-order chi connectivity index (χ0) is 21.3. The van der Waals surface area contributed by atoms with Gasteiger partial charge in [0, 0.05) is 0 Å². The molecule has 0 aliphatic carbocycles. The summed E-state index contributed by atoms with van der Waals surface area (Å²) in [4.78, 5) is 0. The minimum atomic E-state index is -4.63. The van der Waals surface area contributed by atoms with Crippen LogP contribution in [0.25, 0.3) is 0 Å². The summed E-state index contributed by atoms with van der Waals surface area (Å²) < 4.78 is 37.4. The molecule has 0 fully saturated rings. The van der Waals surface area contributed by atoms with Crippen LogP contribution in [0.2, 0.25) is 0 Å². The summed E-state index contributed by atoms with van der Waals surface area (Å²) >= 11 is 0. The van der Waals surface area contributed by atoms with E-state index in [1.54, 1.807) is 0 Å². The zero-order valence-corrected chi connectivity index (χ0v) is 20.7. The van der Waals surface area contributed by atoms with Crippen LogP contribution in [0.4, 0.5) is 0 Å². The largest absolute Gasteiger partial charge is 0.726 e. The molecule has 0 aromatic rings. The maximum absolute atomic E-state index is 10.9. The van der Waals surface area contributed by atoms with Crippen molar-refractivity contribution in [3.8, 4) is 0 Å². The molecule has 0 spiro atoms. The third kappa shape index (κ3) is 22.1. The Morgan fingerprint density at radius 2 is 1.21 bits per heavy atom. The number of quaternary nitrogens is 1. The minimum absolute atomic E-state index is 0. The van der Waals surface area contributed by atoms with Gasteiger partial charge in [-0.2, -0.15) is 0 Å². The van der Waals surface area contributed by atoms with Crippen LogP contribution in [-0.4, -0.2) is 19.1 Å². The molecular formula is C23H49NO4S. The second-order valence-electron chi connectivity index (χ2n) is 9.09. The topological polar surface area (TPSA) is 103 Å². The molecule has 0 aliphatic heterocycles. The van der Waals surface area contributed by atoms with Gasteiger partial charge in [0.2, 0.25) is 10.4 Å². The molecule has 1 atom stereocenters. The highest BCUT2D eigenvalue weighted by atomic mass is 32.3. The van der Waals surface area contributed by atoms with Crippen LogP contribution in [-0.2, 0) is 14.6 Å². The molecule has 1 unspecified atom stereocenters. The summed E-state index contributed by atoms with van der Waals surface area (Å²) in [6.45, 7) is 7.97. The third-order valence-electron chi connectivity index (χ3n) is 5.18. The van der Waals surface area contributed by atoms with Crippen LogP contribution >= 0.6 is 0 Å². The predicted octanol–water partition coefficient (Wildman–Crippen LogP) is 7.68. The van der Waals surface area contributed by atoms with E-state index in [4.69, 9.17) is 4.18 Å². The molecule has 4 N–H and O–H groups in total. The van der Waals surface area contributed by atoms with E-state index in [9.17, 15) is 13.0 Å². The van der Waals surface area contributed by atoms with Gasteiger partial charge < -0.3 is 10.7 Å². The van der Waals surface area contributed by atoms with Gasteiger partial charge in [0.1, 0.15) is 0 Å². The summed E-state index contributed by atoms with van der Waals surface area (Å²) in [5, 5.41) is 0. The lowest BCUT2D eigenvalue weighted by molar-refractivity contribution is 0.0686. The van der Waals surface area contributed by atoms with Crippen molar-refractivity contribution in [3.05, 3.63) is 12.2 Å². The van der Waals surface area contributed by atoms with E-state index in [1.807, 2.05) is 20.8 Å². The first-order chi connectivity index (χ1) is 13.2. The van der Waals surface area contributed by atoms with Crippen molar-refractivity contribution in [1.29, 1.82) is 0 Å². The predicted molar refractivity (Wildman–Crippen MR) is 124 cm³/mol. The molecule has 0 saturated carbocycles. The van der Waals surface area contributed by atoms with Crippen molar-refractivity contribution in [2.75, 3.05) is 0 Å². The van der Waals surface area contributed by atoms with Gasteiger partial charge in [-0.25, -0.2) is 8.42 Å². The number of hydrogen-bond donors (Lipinski definition) is 1. The SMILES string of the molecule is CCCCCCCC/C=C\CCCCCCCCC(OS(=O)(=O)[O-])C(C)(C)C.[NH4+]. The number of unbranched alkanes of at least 4 members (excludes halogenated alkanes) is 12. The van der Waals surface area contributed by atoms with Crippen molar-refractivity contribution >= 4 is 10.4 Å². The first-order valence-electron chi connectivity index (χ1n) is 11.5. The monoisotopic (exact) mass is 435 g/mol. The van der Waals surface area contributed by atoms with Crippen LogP contribution in [0.5, 0.6) is 0 Å². The first-order valence-corrected chi connectivity index (χ1v) is 12.8. The first kappa shape index (κ1) is 30.8. The van der Waals surface area contributed by atoms with E-state index in [2.05, 4.69) is 19.1 Å². The summed E-state index contributed by atoms with van der Waals surface area (Å²) in [5.41, 5.74) is -0.348. The van der Waals surface area contributed by atoms with E-state index in [-0.39, 0.29) is 11.6 Å². The van der Waals surface area contributed by atoms with Gasteiger partial charge in [0.25, 0.3) is 0 Å². The maximum atomic E-state index is 10.9. The molecule has 0 radical (unpaired) electrons. The van der Waals surface area contributed by atoms with Gasteiger partial charge in [0.15, 0.2) is 0 Å². The molecule has 0 saturated heterocycles. The van der Waals surface area contributed by atoms with Gasteiger partial charge >= 0.3 is 0 Å². The number of allylic oxidation sites excluding steroid dienone is 2. The second-order valence-corrected chi connectivity index (χ2v) is 10.1. The number of rotatable bonds is 18. The lowest BCUT2D eigenvalue weighted by Crippen LogP contribution is -2.31. The maximum Gasteiger partial charge on any atom is 0.217 e. The smallest absolute Gasteiger partial charge is 0.217 e. The van der Waals surface area contributed by atoms with Gasteiger partial charge in [-0.15, -0.1) is 0 Å². The van der Waals surface area contributed by atoms with Crippen molar-refractivity contribution in [2.45, 2.75) is 130 Å². The van der Waals surface area contributed by atoms with Crippen LogP contribution in [0.1, 0.15) is 124 Å². The normalized spacial score (nSPS) is 13.6. The van der Waals surface area contributed by atoms with Gasteiger partial charge in [-0.3, -0.25) is 4.18 Å². The average Bonchev–Trinajstić information content (AvgIpc) is 2.58. The highest BCUT2D eigenvalue weighted by Crippen LogP contribution is 2.28. The fourth-order valence-electron chi connectivity index (χ4n) is 3.34. The highest BCUT2D eigenvalue weighted by Gasteiger charge is 2.27. The molecule has 0 bridgehead atoms. The molecule has 0 rings (SSSR count). The van der Waals surface area contributed by atoms with Crippen molar-refractivity contribution in [3.63, 3.8) is 0 Å². The van der Waals surface area contributed by atoms with Gasteiger partial charge in [0.05, 0.1) is 6.10 Å². The highest BCUT2D eigenvalue weighted by molar-refractivity contribution is 7.80. The standard InChI is InChI=1S/C23H46O4S.H3N/c1-5-6-7-8-9-10-11-12-13-14-15-16-17-18-19-20-21-22(23(2,3)4)27-28(24,25)26;/h12-13,22H,5-11,14-21H2,1-4H3,(H,24,25,26);1H3/b13-12-;.